The number of hydrogen-bond donors (Lipinski definition) is 3. The fourth-order valence-electron chi connectivity index (χ4n) is 7.84. The van der Waals surface area contributed by atoms with E-state index in [1.165, 1.54) is 6.33 Å². The van der Waals surface area contributed by atoms with Crippen molar-refractivity contribution in [3.63, 3.8) is 0 Å². The van der Waals surface area contributed by atoms with Gasteiger partial charge in [-0.1, -0.05) is 6.07 Å². The number of rotatable bonds is 8. The molecule has 16 heteroatoms. The van der Waals surface area contributed by atoms with Gasteiger partial charge in [-0.3, -0.25) is 34.2 Å². The van der Waals surface area contributed by atoms with Crippen molar-refractivity contribution >= 4 is 63.6 Å². The Morgan fingerprint density at radius 1 is 0.836 bits per heavy atom. The Hall–Kier alpha value is -6.71. The lowest BCUT2D eigenvalue weighted by atomic mass is 9.86. The highest BCUT2D eigenvalue weighted by molar-refractivity contribution is 6.23. The molecule has 3 fully saturated rings. The predicted octanol–water partition coefficient (Wildman–Crippen LogP) is 3.13. The van der Waals surface area contributed by atoms with Crippen molar-refractivity contribution < 1.29 is 24.0 Å². The second-order valence-electron chi connectivity index (χ2n) is 14.3. The Kier molecular flexibility index (Phi) is 8.43. The number of fused-ring (bicyclic) bond motifs is 2. The minimum atomic E-state index is -0.990. The Labute approximate surface area is 314 Å². The molecule has 6 heterocycles. The maximum Gasteiger partial charge on any atom is 0.270 e. The lowest BCUT2D eigenvalue weighted by Gasteiger charge is -2.37. The summed E-state index contributed by atoms with van der Waals surface area (Å²) in [5.41, 5.74) is 5.94. The van der Waals surface area contributed by atoms with Gasteiger partial charge < -0.3 is 25.0 Å². The number of imidazole rings is 1. The van der Waals surface area contributed by atoms with Crippen LogP contribution in [0.3, 0.4) is 0 Å². The summed E-state index contributed by atoms with van der Waals surface area (Å²) in [4.78, 5) is 86.6. The van der Waals surface area contributed by atoms with Gasteiger partial charge in [-0.05, 0) is 80.8 Å². The Bertz CT molecular complexity index is 2380. The molecule has 5 amide bonds. The topological polar surface area (TPSA) is 188 Å². The molecule has 16 nitrogen and oxygen atoms in total. The molecule has 3 N–H and O–H groups in total. The number of nitrogens with one attached hydrogen (secondary N) is 3. The molecule has 5 aromatic rings. The molecule has 3 aromatic heterocycles. The van der Waals surface area contributed by atoms with E-state index < -0.39 is 29.7 Å². The summed E-state index contributed by atoms with van der Waals surface area (Å²) < 4.78 is 2.05. The van der Waals surface area contributed by atoms with Crippen LogP contribution in [0.2, 0.25) is 0 Å². The molecule has 1 aliphatic carbocycles. The van der Waals surface area contributed by atoms with Crippen molar-refractivity contribution in [2.75, 3.05) is 41.3 Å². The quantitative estimate of drug-likeness (QED) is 0.198. The van der Waals surface area contributed by atoms with Crippen LogP contribution in [0.15, 0.2) is 73.3 Å². The predicted molar refractivity (Wildman–Crippen MR) is 201 cm³/mol. The monoisotopic (exact) mass is 739 g/mol. The maximum absolute atomic E-state index is 13.3. The van der Waals surface area contributed by atoms with Crippen LogP contribution in [0.1, 0.15) is 68.6 Å². The minimum absolute atomic E-state index is 0.0507. The highest BCUT2D eigenvalue weighted by Gasteiger charge is 2.45. The van der Waals surface area contributed by atoms with Gasteiger partial charge in [-0.15, -0.1) is 0 Å². The van der Waals surface area contributed by atoms with Crippen LogP contribution < -0.4 is 25.8 Å². The summed E-state index contributed by atoms with van der Waals surface area (Å²) in [6, 6.07) is 18.0. The van der Waals surface area contributed by atoms with Crippen molar-refractivity contribution in [3.8, 4) is 0 Å². The summed E-state index contributed by atoms with van der Waals surface area (Å²) in [6.07, 6.45) is 5.05. The molecular weight excluding hydrogens is 703 g/mol. The van der Waals surface area contributed by atoms with Crippen molar-refractivity contribution in [3.05, 3.63) is 95.8 Å². The van der Waals surface area contributed by atoms with E-state index in [2.05, 4.69) is 62.4 Å². The first-order chi connectivity index (χ1) is 26.7. The number of nitrogens with zero attached hydrogens (tertiary/aromatic N) is 8. The molecule has 55 heavy (non-hydrogen) atoms. The van der Waals surface area contributed by atoms with Gasteiger partial charge in [0, 0.05) is 67.4 Å². The van der Waals surface area contributed by atoms with Crippen LogP contribution in [-0.2, 0) is 9.59 Å². The molecule has 0 spiro atoms. The third-order valence-corrected chi connectivity index (χ3v) is 10.9. The average molecular weight is 740 g/mol. The van der Waals surface area contributed by atoms with Gasteiger partial charge in [0.05, 0.1) is 17.5 Å². The first kappa shape index (κ1) is 34.1. The van der Waals surface area contributed by atoms with Crippen LogP contribution in [0.25, 0.3) is 11.2 Å². The number of amides is 5. The number of carbonyl (C=O) groups is 5. The van der Waals surface area contributed by atoms with Crippen LogP contribution in [0.4, 0.5) is 22.9 Å². The maximum atomic E-state index is 13.3. The van der Waals surface area contributed by atoms with Gasteiger partial charge in [0.2, 0.25) is 11.8 Å². The molecule has 2 aromatic carbocycles. The zero-order chi connectivity index (χ0) is 37.8. The van der Waals surface area contributed by atoms with E-state index in [0.717, 1.165) is 59.2 Å². The van der Waals surface area contributed by atoms with Crippen molar-refractivity contribution in [2.24, 2.45) is 0 Å². The first-order valence-corrected chi connectivity index (χ1v) is 18.3. The molecule has 1 atom stereocenters. The normalized spacial score (nSPS) is 21.0. The minimum Gasteiger partial charge on any atom is -0.368 e. The SMILES string of the molecule is Cc1cccc(C(=O)NC2CC(n3cnc4c(Nc5ccc(N6CCN(c7ccc8c(c7)C(=O)N(C7CCC(=O)NC7=O)C8=O)CC6)cc5)ncnc43)C2)n1. The first-order valence-electron chi connectivity index (χ1n) is 18.3. The van der Waals surface area contributed by atoms with E-state index in [4.69, 9.17) is 0 Å². The molecule has 278 valence electrons. The van der Waals surface area contributed by atoms with E-state index in [0.29, 0.717) is 30.1 Å². The molecular formula is C39H37N11O5. The number of piperidine rings is 1. The number of benzene rings is 2. The number of aryl methyl sites for hydroxylation is 1. The van der Waals surface area contributed by atoms with Crippen LogP contribution in [0.5, 0.6) is 0 Å². The number of piperazine rings is 1. The van der Waals surface area contributed by atoms with Crippen LogP contribution >= 0.6 is 0 Å². The lowest BCUT2D eigenvalue weighted by Crippen LogP contribution is -2.54. The lowest BCUT2D eigenvalue weighted by molar-refractivity contribution is -0.136. The number of hydrogen-bond acceptors (Lipinski definition) is 12. The number of carbonyl (C=O) groups excluding carboxylic acids is 5. The van der Waals surface area contributed by atoms with Gasteiger partial charge >= 0.3 is 0 Å². The van der Waals surface area contributed by atoms with Crippen LogP contribution in [-0.4, -0.2) is 97.2 Å². The number of pyridine rings is 1. The highest BCUT2D eigenvalue weighted by atomic mass is 16.2. The third kappa shape index (κ3) is 6.28. The highest BCUT2D eigenvalue weighted by Crippen LogP contribution is 2.36. The van der Waals surface area contributed by atoms with E-state index in [1.807, 2.05) is 37.3 Å². The number of anilines is 4. The fraction of sp³-hybridized carbons (Fsp3) is 0.308. The molecule has 3 aliphatic heterocycles. The van der Waals surface area contributed by atoms with Crippen molar-refractivity contribution in [2.45, 2.75) is 50.7 Å². The van der Waals surface area contributed by atoms with Crippen molar-refractivity contribution in [1.29, 1.82) is 0 Å². The van der Waals surface area contributed by atoms with Gasteiger partial charge in [0.25, 0.3) is 17.7 Å². The molecule has 0 bridgehead atoms. The second kappa shape index (κ2) is 13.6. The van der Waals surface area contributed by atoms with E-state index in [9.17, 15) is 24.0 Å². The second-order valence-corrected chi connectivity index (χ2v) is 14.3. The summed E-state index contributed by atoms with van der Waals surface area (Å²) in [6.45, 7) is 4.77. The zero-order valence-electron chi connectivity index (χ0n) is 29.9. The Balaban J connectivity index is 0.801. The Morgan fingerprint density at radius 2 is 1.56 bits per heavy atom. The van der Waals surface area contributed by atoms with Crippen LogP contribution in [0, 0.1) is 6.92 Å². The van der Waals surface area contributed by atoms with Gasteiger partial charge in [0.1, 0.15) is 18.1 Å². The molecule has 4 aliphatic rings. The third-order valence-electron chi connectivity index (χ3n) is 10.9. The molecule has 0 radical (unpaired) electrons. The van der Waals surface area contributed by atoms with Gasteiger partial charge in [-0.25, -0.2) is 19.9 Å². The average Bonchev–Trinajstić information content (AvgIpc) is 3.71. The van der Waals surface area contributed by atoms with Gasteiger partial charge in [0.15, 0.2) is 17.0 Å². The molecule has 9 rings (SSSR count). The molecule has 1 unspecified atom stereocenters. The number of imide groups is 2. The van der Waals surface area contributed by atoms with E-state index >= 15 is 0 Å². The summed E-state index contributed by atoms with van der Waals surface area (Å²) in [7, 11) is 0. The largest absolute Gasteiger partial charge is 0.368 e. The summed E-state index contributed by atoms with van der Waals surface area (Å²) in [5, 5.41) is 8.71. The van der Waals surface area contributed by atoms with E-state index in [1.54, 1.807) is 24.5 Å². The molecule has 1 saturated carbocycles. The van der Waals surface area contributed by atoms with E-state index in [-0.39, 0.29) is 42.0 Å². The smallest absolute Gasteiger partial charge is 0.270 e. The van der Waals surface area contributed by atoms with Gasteiger partial charge in [-0.2, -0.15) is 0 Å². The Morgan fingerprint density at radius 3 is 2.31 bits per heavy atom. The molecule has 2 saturated heterocycles. The fourth-order valence-corrected chi connectivity index (χ4v) is 7.84. The summed E-state index contributed by atoms with van der Waals surface area (Å²) in [5.74, 6) is -1.60. The zero-order valence-corrected chi connectivity index (χ0v) is 29.9. The summed E-state index contributed by atoms with van der Waals surface area (Å²) >= 11 is 0. The van der Waals surface area contributed by atoms with Crippen molar-refractivity contribution in [1.82, 2.24) is 40.0 Å². The number of aromatic nitrogens is 5. The standard InChI is InChI=1S/C39H37N11O5/c1-22-3-2-4-30(43-22)36(52)45-24-17-27(18-24)49-21-42-33-34(40-20-41-35(33)49)44-23-5-7-25(8-6-23)47-13-15-48(16-14-47)26-9-10-28-29(19-26)39(55)50(38(28)54)31-11-12-32(51)46-37(31)53/h2-10,19-21,24,27,31H,11-18H2,1H3,(H,45,52)(H,40,41,44)(H,46,51,53).